The van der Waals surface area contributed by atoms with Gasteiger partial charge in [0.15, 0.2) is 12.1 Å². The molecule has 1 aromatic carbocycles. The van der Waals surface area contributed by atoms with E-state index in [1.165, 1.54) is 12.1 Å². The number of benzene rings is 1. The molecule has 1 N–H and O–H groups in total. The van der Waals surface area contributed by atoms with E-state index in [4.69, 9.17) is 5.11 Å². The topological polar surface area (TPSA) is 71.4 Å². The summed E-state index contributed by atoms with van der Waals surface area (Å²) in [4.78, 5) is 31.6. The maximum Gasteiger partial charge on any atom is 0.335 e. The van der Waals surface area contributed by atoms with E-state index in [0.29, 0.717) is 5.56 Å². The van der Waals surface area contributed by atoms with Crippen LogP contribution in [0.15, 0.2) is 24.3 Å². The molecule has 72 valence electrons. The van der Waals surface area contributed by atoms with E-state index in [1.54, 1.807) is 12.1 Å². The van der Waals surface area contributed by atoms with Gasteiger partial charge in [0, 0.05) is 6.42 Å². The van der Waals surface area contributed by atoms with Gasteiger partial charge in [0.1, 0.15) is 0 Å². The third-order valence-corrected chi connectivity index (χ3v) is 1.74. The first kappa shape index (κ1) is 10.1. The van der Waals surface area contributed by atoms with Crippen LogP contribution < -0.4 is 0 Å². The summed E-state index contributed by atoms with van der Waals surface area (Å²) in [5.41, 5.74) is 0.416. The van der Waals surface area contributed by atoms with Gasteiger partial charge in [-0.25, -0.2) is 4.79 Å². The fraction of sp³-hybridized carbons (Fsp3) is 0.100. The minimum absolute atomic E-state index is 0.0581. The Balaban J connectivity index is 3.01. The Hall–Kier alpha value is -1.97. The van der Waals surface area contributed by atoms with Crippen LogP contribution in [-0.4, -0.2) is 23.1 Å². The Labute approximate surface area is 80.2 Å². The highest BCUT2D eigenvalue weighted by atomic mass is 16.4. The number of carbonyl (C=O) groups excluding carboxylic acids is 2. The molecule has 1 aromatic rings. The lowest BCUT2D eigenvalue weighted by Crippen LogP contribution is -2.08. The van der Waals surface area contributed by atoms with Gasteiger partial charge in [-0.3, -0.25) is 9.59 Å². The van der Waals surface area contributed by atoms with Crippen LogP contribution in [0.3, 0.4) is 0 Å². The van der Waals surface area contributed by atoms with Crippen molar-refractivity contribution in [3.8, 4) is 0 Å². The predicted octanol–water partition coefficient (Wildman–Crippen LogP) is 0.695. The molecule has 0 aromatic heterocycles. The number of hydrogen-bond donors (Lipinski definition) is 1. The Bertz CT molecular complexity index is 381. The first-order valence-corrected chi connectivity index (χ1v) is 3.94. The lowest BCUT2D eigenvalue weighted by atomic mass is 10.0. The van der Waals surface area contributed by atoms with Gasteiger partial charge in [0.05, 0.1) is 5.56 Å². The van der Waals surface area contributed by atoms with Gasteiger partial charge < -0.3 is 5.11 Å². The number of ketones is 1. The number of carboxylic acids is 1. The number of hydrogen-bond acceptors (Lipinski definition) is 3. The summed E-state index contributed by atoms with van der Waals surface area (Å²) in [7, 11) is 0. The normalized spacial score (nSPS) is 9.43. The summed E-state index contributed by atoms with van der Waals surface area (Å²) in [5.74, 6) is -1.72. The highest BCUT2D eigenvalue weighted by Crippen LogP contribution is 2.09. The zero-order valence-electron chi connectivity index (χ0n) is 7.27. The summed E-state index contributed by atoms with van der Waals surface area (Å²) in [6.07, 6.45) is 0.0323. The Morgan fingerprint density at radius 3 is 2.50 bits per heavy atom. The molecule has 0 atom stereocenters. The number of carbonyl (C=O) groups is 3. The highest BCUT2D eigenvalue weighted by Gasteiger charge is 2.11. The molecule has 1 rings (SSSR count). The molecule has 0 aliphatic carbocycles. The smallest absolute Gasteiger partial charge is 0.335 e. The van der Waals surface area contributed by atoms with Crippen LogP contribution in [0.2, 0.25) is 0 Å². The second kappa shape index (κ2) is 4.32. The Morgan fingerprint density at radius 1 is 1.29 bits per heavy atom. The molecule has 0 bridgehead atoms. The van der Waals surface area contributed by atoms with Gasteiger partial charge in [-0.1, -0.05) is 18.2 Å². The molecule has 0 saturated carbocycles. The minimum atomic E-state index is -1.10. The van der Waals surface area contributed by atoms with Gasteiger partial charge in [0.2, 0.25) is 0 Å². The van der Waals surface area contributed by atoms with Crippen molar-refractivity contribution in [2.24, 2.45) is 0 Å². The maximum atomic E-state index is 10.8. The summed E-state index contributed by atoms with van der Waals surface area (Å²) in [6.45, 7) is 0. The second-order valence-corrected chi connectivity index (χ2v) is 2.72. The maximum absolute atomic E-state index is 10.8. The zero-order valence-corrected chi connectivity index (χ0v) is 7.27. The monoisotopic (exact) mass is 192 g/mol. The first-order chi connectivity index (χ1) is 6.65. The van der Waals surface area contributed by atoms with E-state index in [2.05, 4.69) is 0 Å². The molecular formula is C10H8O4. The minimum Gasteiger partial charge on any atom is -0.478 e. The predicted molar refractivity (Wildman–Crippen MR) is 48.2 cm³/mol. The summed E-state index contributed by atoms with van der Waals surface area (Å²) < 4.78 is 0. The van der Waals surface area contributed by atoms with Crippen LogP contribution in [0.25, 0.3) is 0 Å². The van der Waals surface area contributed by atoms with E-state index >= 15 is 0 Å². The third kappa shape index (κ3) is 2.26. The van der Waals surface area contributed by atoms with Crippen molar-refractivity contribution < 1.29 is 19.5 Å². The fourth-order valence-electron chi connectivity index (χ4n) is 1.11. The summed E-state index contributed by atoms with van der Waals surface area (Å²) >= 11 is 0. The quantitative estimate of drug-likeness (QED) is 0.563. The molecule has 4 nitrogen and oxygen atoms in total. The largest absolute Gasteiger partial charge is 0.478 e. The molecule has 0 heterocycles. The molecule has 4 heteroatoms. The number of Topliss-reactive ketones (excluding diaryl/α,β-unsaturated/α-hetero) is 1. The molecular weight excluding hydrogens is 184 g/mol. The standard InChI is InChI=1S/C10H8O4/c11-6-8(12)5-7-3-1-2-4-9(7)10(13)14/h1-4,6H,5H2,(H,13,14). The molecule has 0 aliphatic heterocycles. The Morgan fingerprint density at radius 2 is 1.93 bits per heavy atom. The number of rotatable bonds is 4. The second-order valence-electron chi connectivity index (χ2n) is 2.72. The van der Waals surface area contributed by atoms with Crippen LogP contribution in [0.1, 0.15) is 15.9 Å². The van der Waals surface area contributed by atoms with Crippen LogP contribution in [0.5, 0.6) is 0 Å². The van der Waals surface area contributed by atoms with Crippen molar-refractivity contribution in [3.63, 3.8) is 0 Å². The van der Waals surface area contributed by atoms with Crippen LogP contribution in [-0.2, 0) is 16.0 Å². The lowest BCUT2D eigenvalue weighted by molar-refractivity contribution is -0.129. The Kier molecular flexibility index (Phi) is 3.12. The van der Waals surface area contributed by atoms with Gasteiger partial charge in [0.25, 0.3) is 0 Å². The van der Waals surface area contributed by atoms with E-state index in [0.717, 1.165) is 0 Å². The summed E-state index contributed by atoms with van der Waals surface area (Å²) in [5, 5.41) is 8.75. The molecule has 0 spiro atoms. The molecule has 0 unspecified atom stereocenters. The van der Waals surface area contributed by atoms with Crippen molar-refractivity contribution in [2.45, 2.75) is 6.42 Å². The molecule has 0 amide bonds. The molecule has 0 saturated heterocycles. The van der Waals surface area contributed by atoms with Gasteiger partial charge in [-0.15, -0.1) is 0 Å². The van der Waals surface area contributed by atoms with E-state index in [9.17, 15) is 14.4 Å². The average molecular weight is 192 g/mol. The van der Waals surface area contributed by atoms with Gasteiger partial charge in [-0.05, 0) is 11.6 Å². The third-order valence-electron chi connectivity index (χ3n) is 1.74. The van der Waals surface area contributed by atoms with Crippen molar-refractivity contribution in [1.29, 1.82) is 0 Å². The number of aromatic carboxylic acids is 1. The van der Waals surface area contributed by atoms with Crippen LogP contribution in [0, 0.1) is 0 Å². The number of carboxylic acid groups (broad SMARTS) is 1. The van der Waals surface area contributed by atoms with E-state index in [-0.39, 0.29) is 18.3 Å². The van der Waals surface area contributed by atoms with E-state index in [1.807, 2.05) is 0 Å². The van der Waals surface area contributed by atoms with Crippen molar-refractivity contribution in [2.75, 3.05) is 0 Å². The van der Waals surface area contributed by atoms with Crippen LogP contribution in [0.4, 0.5) is 0 Å². The summed E-state index contributed by atoms with van der Waals surface area (Å²) in [6, 6.07) is 6.11. The average Bonchev–Trinajstić information content (AvgIpc) is 2.18. The van der Waals surface area contributed by atoms with Gasteiger partial charge >= 0.3 is 5.97 Å². The molecule has 0 radical (unpaired) electrons. The molecule has 14 heavy (non-hydrogen) atoms. The SMILES string of the molecule is O=CC(=O)Cc1ccccc1C(=O)O. The first-order valence-electron chi connectivity index (χ1n) is 3.94. The van der Waals surface area contributed by atoms with Crippen molar-refractivity contribution in [3.05, 3.63) is 35.4 Å². The van der Waals surface area contributed by atoms with Crippen molar-refractivity contribution >= 4 is 18.0 Å². The number of aldehydes is 1. The van der Waals surface area contributed by atoms with E-state index < -0.39 is 11.8 Å². The molecule has 0 fully saturated rings. The fourth-order valence-corrected chi connectivity index (χ4v) is 1.11. The highest BCUT2D eigenvalue weighted by molar-refractivity contribution is 6.25. The van der Waals surface area contributed by atoms with Crippen molar-refractivity contribution in [1.82, 2.24) is 0 Å². The molecule has 0 aliphatic rings. The van der Waals surface area contributed by atoms with Crippen LogP contribution >= 0.6 is 0 Å². The lowest BCUT2D eigenvalue weighted by Gasteiger charge is -2.01. The van der Waals surface area contributed by atoms with Gasteiger partial charge in [-0.2, -0.15) is 0 Å². The zero-order chi connectivity index (χ0) is 10.6.